The first-order valence-electron chi connectivity index (χ1n) is 8.79. The number of imidazole rings is 1. The third kappa shape index (κ3) is 3.52. The maximum atomic E-state index is 12.3. The van der Waals surface area contributed by atoms with Crippen molar-refractivity contribution in [2.45, 2.75) is 6.54 Å². The molecule has 3 aromatic heterocycles. The molecule has 0 bridgehead atoms. The van der Waals surface area contributed by atoms with Gasteiger partial charge in [0.25, 0.3) is 5.91 Å². The molecule has 1 saturated heterocycles. The number of likely N-dealkylation sites (N-methyl/N-ethyl adjacent to an activating group) is 1. The van der Waals surface area contributed by atoms with Gasteiger partial charge in [-0.25, -0.2) is 9.97 Å². The van der Waals surface area contributed by atoms with Crippen molar-refractivity contribution in [3.63, 3.8) is 0 Å². The summed E-state index contributed by atoms with van der Waals surface area (Å²) in [7, 11) is 2.14. The number of rotatable bonds is 4. The van der Waals surface area contributed by atoms with Crippen LogP contribution in [-0.2, 0) is 6.54 Å². The van der Waals surface area contributed by atoms with E-state index < -0.39 is 0 Å². The summed E-state index contributed by atoms with van der Waals surface area (Å²) in [5.41, 5.74) is 2.15. The molecule has 1 amide bonds. The van der Waals surface area contributed by atoms with Gasteiger partial charge in [0.15, 0.2) is 0 Å². The van der Waals surface area contributed by atoms with Gasteiger partial charge in [0.2, 0.25) is 0 Å². The number of amides is 1. The Bertz CT molecular complexity index is 863. The lowest BCUT2D eigenvalue weighted by molar-refractivity contribution is 0.0946. The highest BCUT2D eigenvalue weighted by atomic mass is 16.1. The molecule has 7 nitrogen and oxygen atoms in total. The van der Waals surface area contributed by atoms with Crippen molar-refractivity contribution in [2.75, 3.05) is 38.1 Å². The van der Waals surface area contributed by atoms with Crippen LogP contribution in [0, 0.1) is 0 Å². The van der Waals surface area contributed by atoms with E-state index >= 15 is 0 Å². The summed E-state index contributed by atoms with van der Waals surface area (Å²) in [6.07, 6.45) is 5.44. The second-order valence-electron chi connectivity index (χ2n) is 6.59. The van der Waals surface area contributed by atoms with E-state index in [-0.39, 0.29) is 5.91 Å². The molecule has 0 unspecified atom stereocenters. The SMILES string of the molecule is CN1CCN(c2ccc(CNC(=O)c3cn4ccccc4n3)cn2)CC1. The Balaban J connectivity index is 1.36. The van der Waals surface area contributed by atoms with Crippen LogP contribution < -0.4 is 10.2 Å². The Labute approximate surface area is 152 Å². The minimum Gasteiger partial charge on any atom is -0.354 e. The second kappa shape index (κ2) is 7.13. The largest absolute Gasteiger partial charge is 0.354 e. The first-order chi connectivity index (χ1) is 12.7. The normalized spacial score (nSPS) is 15.3. The molecule has 0 aromatic carbocycles. The fourth-order valence-corrected chi connectivity index (χ4v) is 3.06. The molecule has 3 aromatic rings. The van der Waals surface area contributed by atoms with E-state index in [1.807, 2.05) is 47.1 Å². The third-order valence-corrected chi connectivity index (χ3v) is 4.69. The molecule has 1 fully saturated rings. The number of nitrogens with one attached hydrogen (secondary N) is 1. The lowest BCUT2D eigenvalue weighted by Crippen LogP contribution is -2.44. The highest BCUT2D eigenvalue weighted by Crippen LogP contribution is 2.13. The van der Waals surface area contributed by atoms with E-state index in [0.29, 0.717) is 12.2 Å². The van der Waals surface area contributed by atoms with Crippen molar-refractivity contribution < 1.29 is 4.79 Å². The topological polar surface area (TPSA) is 65.8 Å². The predicted octanol–water partition coefficient (Wildman–Crippen LogP) is 1.41. The number of pyridine rings is 2. The minimum atomic E-state index is -0.183. The van der Waals surface area contributed by atoms with Gasteiger partial charge in [-0.15, -0.1) is 0 Å². The maximum absolute atomic E-state index is 12.3. The zero-order valence-electron chi connectivity index (χ0n) is 14.8. The molecule has 4 rings (SSSR count). The zero-order chi connectivity index (χ0) is 17.9. The minimum absolute atomic E-state index is 0.183. The number of hydrogen-bond donors (Lipinski definition) is 1. The summed E-state index contributed by atoms with van der Waals surface area (Å²) < 4.78 is 1.83. The average Bonchev–Trinajstić information content (AvgIpc) is 3.11. The molecule has 134 valence electrons. The maximum Gasteiger partial charge on any atom is 0.271 e. The van der Waals surface area contributed by atoms with Gasteiger partial charge in [-0.1, -0.05) is 12.1 Å². The molecule has 0 saturated carbocycles. The lowest BCUT2D eigenvalue weighted by Gasteiger charge is -2.33. The van der Waals surface area contributed by atoms with Crippen LogP contribution in [0.1, 0.15) is 16.1 Å². The van der Waals surface area contributed by atoms with Crippen LogP contribution >= 0.6 is 0 Å². The first-order valence-corrected chi connectivity index (χ1v) is 8.79. The van der Waals surface area contributed by atoms with Crippen molar-refractivity contribution in [1.29, 1.82) is 0 Å². The van der Waals surface area contributed by atoms with Gasteiger partial charge in [-0.2, -0.15) is 0 Å². The quantitative estimate of drug-likeness (QED) is 0.771. The zero-order valence-corrected chi connectivity index (χ0v) is 14.8. The third-order valence-electron chi connectivity index (χ3n) is 4.69. The number of anilines is 1. The summed E-state index contributed by atoms with van der Waals surface area (Å²) in [4.78, 5) is 25.8. The van der Waals surface area contributed by atoms with E-state index in [1.54, 1.807) is 6.20 Å². The van der Waals surface area contributed by atoms with Crippen LogP contribution in [0.3, 0.4) is 0 Å². The number of piperazine rings is 1. The summed E-state index contributed by atoms with van der Waals surface area (Å²) in [6, 6.07) is 9.72. The molecule has 4 heterocycles. The molecule has 0 spiro atoms. The average molecular weight is 350 g/mol. The van der Waals surface area contributed by atoms with Gasteiger partial charge in [0, 0.05) is 51.3 Å². The molecule has 0 atom stereocenters. The molecule has 7 heteroatoms. The number of nitrogens with zero attached hydrogens (tertiary/aromatic N) is 5. The van der Waals surface area contributed by atoms with E-state index in [2.05, 4.69) is 32.1 Å². The van der Waals surface area contributed by atoms with E-state index in [1.165, 1.54) is 0 Å². The van der Waals surface area contributed by atoms with Crippen LogP contribution in [0.2, 0.25) is 0 Å². The van der Waals surface area contributed by atoms with Crippen molar-refractivity contribution in [2.24, 2.45) is 0 Å². The first kappa shape index (κ1) is 16.5. The molecule has 0 aliphatic carbocycles. The van der Waals surface area contributed by atoms with Crippen molar-refractivity contribution in [3.8, 4) is 0 Å². The number of carbonyl (C=O) groups is 1. The molecular weight excluding hydrogens is 328 g/mol. The summed E-state index contributed by atoms with van der Waals surface area (Å²) in [5, 5.41) is 2.91. The van der Waals surface area contributed by atoms with Gasteiger partial charge < -0.3 is 19.5 Å². The van der Waals surface area contributed by atoms with Gasteiger partial charge in [-0.05, 0) is 30.8 Å². The standard InChI is InChI=1S/C19H22N6O/c1-23-8-10-24(11-9-23)17-6-5-15(12-20-17)13-21-19(26)16-14-25-7-3-2-4-18(25)22-16/h2-7,12,14H,8-11,13H2,1H3,(H,21,26). The van der Waals surface area contributed by atoms with Gasteiger partial charge in [0.05, 0.1) is 0 Å². The number of aromatic nitrogens is 3. The predicted molar refractivity (Wildman–Crippen MR) is 100 cm³/mol. The van der Waals surface area contributed by atoms with Crippen molar-refractivity contribution in [1.82, 2.24) is 24.6 Å². The Kier molecular flexibility index (Phi) is 4.53. The van der Waals surface area contributed by atoms with Gasteiger partial charge >= 0.3 is 0 Å². The highest BCUT2D eigenvalue weighted by molar-refractivity contribution is 5.92. The number of fused-ring (bicyclic) bond motifs is 1. The van der Waals surface area contributed by atoms with Crippen LogP contribution in [-0.4, -0.2) is 58.4 Å². The molecule has 1 aliphatic heterocycles. The van der Waals surface area contributed by atoms with Gasteiger partial charge in [-0.3, -0.25) is 4.79 Å². The molecular formula is C19H22N6O. The fraction of sp³-hybridized carbons (Fsp3) is 0.316. The Morgan fingerprint density at radius 3 is 2.73 bits per heavy atom. The number of hydrogen-bond acceptors (Lipinski definition) is 5. The lowest BCUT2D eigenvalue weighted by atomic mass is 10.2. The Morgan fingerprint density at radius 2 is 2.00 bits per heavy atom. The summed E-state index contributed by atoms with van der Waals surface area (Å²) in [6.45, 7) is 4.53. The van der Waals surface area contributed by atoms with E-state index in [4.69, 9.17) is 0 Å². The van der Waals surface area contributed by atoms with Gasteiger partial charge in [0.1, 0.15) is 17.2 Å². The number of carbonyl (C=O) groups excluding carboxylic acids is 1. The van der Waals surface area contributed by atoms with Crippen molar-refractivity contribution >= 4 is 17.4 Å². The second-order valence-corrected chi connectivity index (χ2v) is 6.59. The van der Waals surface area contributed by atoms with E-state index in [9.17, 15) is 4.79 Å². The smallest absolute Gasteiger partial charge is 0.271 e. The molecule has 26 heavy (non-hydrogen) atoms. The van der Waals surface area contributed by atoms with Crippen molar-refractivity contribution in [3.05, 3.63) is 60.2 Å². The van der Waals surface area contributed by atoms with Crippen LogP contribution in [0.5, 0.6) is 0 Å². The van der Waals surface area contributed by atoms with Crippen LogP contribution in [0.15, 0.2) is 48.9 Å². The van der Waals surface area contributed by atoms with Crippen LogP contribution in [0.4, 0.5) is 5.82 Å². The summed E-state index contributed by atoms with van der Waals surface area (Å²) >= 11 is 0. The monoisotopic (exact) mass is 350 g/mol. The fourth-order valence-electron chi connectivity index (χ4n) is 3.06. The van der Waals surface area contributed by atoms with Crippen LogP contribution in [0.25, 0.3) is 5.65 Å². The van der Waals surface area contributed by atoms with E-state index in [0.717, 1.165) is 43.2 Å². The molecule has 1 aliphatic rings. The molecule has 0 radical (unpaired) electrons. The summed E-state index contributed by atoms with van der Waals surface area (Å²) in [5.74, 6) is 0.811. The highest BCUT2D eigenvalue weighted by Gasteiger charge is 2.15. The Hall–Kier alpha value is -2.93. The Morgan fingerprint density at radius 1 is 1.15 bits per heavy atom. The molecule has 1 N–H and O–H groups in total.